The quantitative estimate of drug-likeness (QED) is 0.314. The van der Waals surface area contributed by atoms with Crippen molar-refractivity contribution < 1.29 is 22.9 Å². The lowest BCUT2D eigenvalue weighted by Gasteiger charge is -2.20. The van der Waals surface area contributed by atoms with Gasteiger partial charge in [0.15, 0.2) is 11.5 Å². The maximum atomic E-state index is 13.5. The molecule has 0 bridgehead atoms. The zero-order valence-electron chi connectivity index (χ0n) is 16.1. The molecule has 0 unspecified atom stereocenters. The molecule has 0 heterocycles. The zero-order chi connectivity index (χ0) is 20.5. The van der Waals surface area contributed by atoms with Crippen molar-refractivity contribution in [2.45, 2.75) is 19.0 Å². The fraction of sp³-hybridized carbons (Fsp3) is 0.182. The minimum Gasteiger partial charge on any atom is -0.493 e. The molecule has 5 nitrogen and oxygen atoms in total. The second-order valence-electron chi connectivity index (χ2n) is 6.20. The summed E-state index contributed by atoms with van der Waals surface area (Å²) >= 11 is 4.28. The molecule has 0 aliphatic carbocycles. The van der Waals surface area contributed by atoms with E-state index in [-0.39, 0.29) is 19.0 Å². The van der Waals surface area contributed by atoms with Crippen molar-refractivity contribution in [1.29, 1.82) is 0 Å². The number of ether oxygens (including phenoxy) is 1. The van der Waals surface area contributed by atoms with Crippen molar-refractivity contribution >= 4 is 20.5 Å². The van der Waals surface area contributed by atoms with Crippen LogP contribution in [0.3, 0.4) is 0 Å². The number of methoxy groups -OCH3 is 1. The van der Waals surface area contributed by atoms with Crippen LogP contribution in [0.5, 0.6) is 11.5 Å². The second kappa shape index (κ2) is 10.5. The molecule has 0 aliphatic heterocycles. The summed E-state index contributed by atoms with van der Waals surface area (Å²) < 4.78 is 35.9. The molecule has 0 saturated heterocycles. The second-order valence-corrected chi connectivity index (χ2v) is 8.11. The summed E-state index contributed by atoms with van der Waals surface area (Å²) in [7, 11) is -2.43. The van der Waals surface area contributed by atoms with Gasteiger partial charge < -0.3 is 9.26 Å². The van der Waals surface area contributed by atoms with Crippen LogP contribution >= 0.6 is 20.5 Å². The van der Waals surface area contributed by atoms with Gasteiger partial charge in [-0.15, -0.1) is 0 Å². The summed E-state index contributed by atoms with van der Waals surface area (Å²) in [5.74, 6) is 1.21. The summed E-state index contributed by atoms with van der Waals surface area (Å²) in [6.45, 7) is 0.170. The van der Waals surface area contributed by atoms with Gasteiger partial charge in [0, 0.05) is 5.75 Å². The van der Waals surface area contributed by atoms with Crippen molar-refractivity contribution in [3.8, 4) is 11.5 Å². The maximum absolute atomic E-state index is 13.5. The predicted octanol–water partition coefficient (Wildman–Crippen LogP) is 6.05. The predicted molar refractivity (Wildman–Crippen MR) is 116 cm³/mol. The van der Waals surface area contributed by atoms with Gasteiger partial charge in [-0.05, 0) is 28.8 Å². The fourth-order valence-electron chi connectivity index (χ4n) is 2.56. The summed E-state index contributed by atoms with van der Waals surface area (Å²) in [4.78, 5) is 0. The minimum atomic E-state index is -3.95. The number of thiol groups is 1. The van der Waals surface area contributed by atoms with Crippen LogP contribution < -0.4 is 9.26 Å². The average Bonchev–Trinajstić information content (AvgIpc) is 2.78. The molecule has 29 heavy (non-hydrogen) atoms. The largest absolute Gasteiger partial charge is 0.530 e. The van der Waals surface area contributed by atoms with Gasteiger partial charge in [-0.1, -0.05) is 66.7 Å². The Kier molecular flexibility index (Phi) is 7.78. The molecular weight excluding hydrogens is 407 g/mol. The number of hydrogen-bond acceptors (Lipinski definition) is 6. The van der Waals surface area contributed by atoms with E-state index in [0.29, 0.717) is 11.5 Å². The fourth-order valence-corrected chi connectivity index (χ4v) is 3.93. The first-order valence-electron chi connectivity index (χ1n) is 9.06. The highest BCUT2D eigenvalue weighted by Crippen LogP contribution is 2.52. The van der Waals surface area contributed by atoms with Crippen molar-refractivity contribution in [2.24, 2.45) is 0 Å². The molecule has 3 rings (SSSR count). The van der Waals surface area contributed by atoms with Crippen molar-refractivity contribution in [3.63, 3.8) is 0 Å². The monoisotopic (exact) mass is 430 g/mol. The van der Waals surface area contributed by atoms with Gasteiger partial charge in [0.1, 0.15) is 0 Å². The zero-order valence-corrected chi connectivity index (χ0v) is 17.9. The lowest BCUT2D eigenvalue weighted by molar-refractivity contribution is 0.142. The Morgan fingerprint density at radius 1 is 0.759 bits per heavy atom. The molecule has 152 valence electrons. The molecular formula is C22H23O5PS. The van der Waals surface area contributed by atoms with E-state index in [4.69, 9.17) is 18.3 Å². The molecule has 0 N–H and O–H groups in total. The van der Waals surface area contributed by atoms with Gasteiger partial charge in [0.2, 0.25) is 0 Å². The van der Waals surface area contributed by atoms with Crippen LogP contribution in [0.25, 0.3) is 0 Å². The van der Waals surface area contributed by atoms with E-state index >= 15 is 0 Å². The van der Waals surface area contributed by atoms with Crippen LogP contribution in [0.1, 0.15) is 16.7 Å². The number of phosphoric ester groups is 1. The Morgan fingerprint density at radius 2 is 1.31 bits per heavy atom. The van der Waals surface area contributed by atoms with E-state index in [1.54, 1.807) is 12.1 Å². The molecule has 0 aromatic heterocycles. The summed E-state index contributed by atoms with van der Waals surface area (Å²) in [5, 5.41) is 0. The van der Waals surface area contributed by atoms with Gasteiger partial charge in [-0.3, -0.25) is 9.05 Å². The average molecular weight is 430 g/mol. The Hall–Kier alpha value is -2.24. The topological polar surface area (TPSA) is 54.0 Å². The highest BCUT2D eigenvalue weighted by Gasteiger charge is 2.30. The summed E-state index contributed by atoms with van der Waals surface area (Å²) in [6.07, 6.45) is 0. The van der Waals surface area contributed by atoms with Gasteiger partial charge >= 0.3 is 7.82 Å². The lowest BCUT2D eigenvalue weighted by atomic mass is 10.2. The minimum absolute atomic E-state index is 0.0848. The molecule has 3 aromatic carbocycles. The van der Waals surface area contributed by atoms with E-state index in [1.807, 2.05) is 66.7 Å². The van der Waals surface area contributed by atoms with Crippen molar-refractivity contribution in [1.82, 2.24) is 0 Å². The molecule has 0 saturated carbocycles. The first-order valence-corrected chi connectivity index (χ1v) is 11.2. The van der Waals surface area contributed by atoms with Crippen LogP contribution in [0, 0.1) is 0 Å². The number of phosphoric acid groups is 1. The molecule has 3 aromatic rings. The van der Waals surface area contributed by atoms with E-state index < -0.39 is 7.82 Å². The van der Waals surface area contributed by atoms with Gasteiger partial charge in [-0.25, -0.2) is 4.57 Å². The van der Waals surface area contributed by atoms with E-state index in [9.17, 15) is 4.57 Å². The molecule has 0 amide bonds. The van der Waals surface area contributed by atoms with E-state index in [2.05, 4.69) is 12.6 Å². The molecule has 0 spiro atoms. The Labute approximate surface area is 176 Å². The molecule has 0 radical (unpaired) electrons. The molecule has 0 fully saturated rings. The molecule has 0 aliphatic rings. The van der Waals surface area contributed by atoms with E-state index in [0.717, 1.165) is 16.7 Å². The number of rotatable bonds is 10. The highest BCUT2D eigenvalue weighted by molar-refractivity contribution is 7.79. The first-order chi connectivity index (χ1) is 14.1. The summed E-state index contributed by atoms with van der Waals surface area (Å²) in [5.41, 5.74) is 2.60. The highest BCUT2D eigenvalue weighted by atomic mass is 32.1. The first kappa shape index (κ1) is 21.5. The SMILES string of the molecule is COc1ccc(CS)cc1OP(=O)(OCc1ccccc1)OCc1ccccc1. The number of hydrogen-bond donors (Lipinski definition) is 1. The Morgan fingerprint density at radius 3 is 1.79 bits per heavy atom. The van der Waals surface area contributed by atoms with Crippen LogP contribution in [0.2, 0.25) is 0 Å². The summed E-state index contributed by atoms with van der Waals surface area (Å²) in [6, 6.07) is 24.2. The van der Waals surface area contributed by atoms with Crippen LogP contribution in [-0.2, 0) is 32.6 Å². The molecule has 0 atom stereocenters. The maximum Gasteiger partial charge on any atom is 0.530 e. The van der Waals surface area contributed by atoms with Gasteiger partial charge in [0.05, 0.1) is 20.3 Å². The van der Waals surface area contributed by atoms with Crippen molar-refractivity contribution in [3.05, 3.63) is 95.6 Å². The van der Waals surface area contributed by atoms with Crippen LogP contribution in [0.15, 0.2) is 78.9 Å². The third-order valence-electron chi connectivity index (χ3n) is 4.09. The smallest absolute Gasteiger partial charge is 0.493 e. The Bertz CT molecular complexity index is 902. The normalized spacial score (nSPS) is 11.2. The third-order valence-corrected chi connectivity index (χ3v) is 5.76. The molecule has 7 heteroatoms. The lowest BCUT2D eigenvalue weighted by Crippen LogP contribution is -2.04. The van der Waals surface area contributed by atoms with Crippen molar-refractivity contribution in [2.75, 3.05) is 7.11 Å². The standard InChI is InChI=1S/C22H23O5PS/c1-24-21-13-12-20(17-29)14-22(21)27-28(23,25-15-18-8-4-2-5-9-18)26-16-19-10-6-3-7-11-19/h2-14,29H,15-17H2,1H3. The third kappa shape index (κ3) is 6.38. The number of benzene rings is 3. The van der Waals surface area contributed by atoms with Gasteiger partial charge in [0.25, 0.3) is 0 Å². The Balaban J connectivity index is 1.82. The van der Waals surface area contributed by atoms with E-state index in [1.165, 1.54) is 7.11 Å². The van der Waals surface area contributed by atoms with Crippen LogP contribution in [0.4, 0.5) is 0 Å². The van der Waals surface area contributed by atoms with Crippen LogP contribution in [-0.4, -0.2) is 7.11 Å². The van der Waals surface area contributed by atoms with Gasteiger partial charge in [-0.2, -0.15) is 12.6 Å².